The van der Waals surface area contributed by atoms with Gasteiger partial charge in [-0.25, -0.2) is 4.98 Å². The Labute approximate surface area is 108 Å². The van der Waals surface area contributed by atoms with Crippen LogP contribution in [-0.4, -0.2) is 54.3 Å². The first-order valence-electron chi connectivity index (χ1n) is 6.48. The van der Waals surface area contributed by atoms with Crippen LogP contribution in [0.1, 0.15) is 11.3 Å². The zero-order valence-corrected chi connectivity index (χ0v) is 11.0. The van der Waals surface area contributed by atoms with Crippen molar-refractivity contribution < 1.29 is 5.11 Å². The highest BCUT2D eigenvalue weighted by Crippen LogP contribution is 2.16. The number of aryl methyl sites for hydroxylation is 1. The number of β-amino-alcohol motifs (C(OH)–C–C–N with tert-alkyl or cyclic N) is 1. The van der Waals surface area contributed by atoms with Gasteiger partial charge in [0.1, 0.15) is 5.82 Å². The van der Waals surface area contributed by atoms with Crippen molar-refractivity contribution in [2.24, 2.45) is 5.73 Å². The molecule has 1 fully saturated rings. The molecule has 3 N–H and O–H groups in total. The Balaban J connectivity index is 2.02. The van der Waals surface area contributed by atoms with Crippen molar-refractivity contribution in [3.8, 4) is 0 Å². The number of pyridine rings is 1. The molecule has 1 aromatic rings. The van der Waals surface area contributed by atoms with E-state index in [0.29, 0.717) is 6.54 Å². The van der Waals surface area contributed by atoms with Crippen molar-refractivity contribution in [2.75, 3.05) is 44.2 Å². The van der Waals surface area contributed by atoms with Gasteiger partial charge in [0.2, 0.25) is 0 Å². The van der Waals surface area contributed by atoms with E-state index in [2.05, 4.69) is 20.9 Å². The van der Waals surface area contributed by atoms with Gasteiger partial charge in [-0.2, -0.15) is 0 Å². The number of nitrogens with zero attached hydrogens (tertiary/aromatic N) is 3. The summed E-state index contributed by atoms with van der Waals surface area (Å²) in [6.07, 6.45) is 0. The highest BCUT2D eigenvalue weighted by molar-refractivity contribution is 5.43. The van der Waals surface area contributed by atoms with Crippen LogP contribution in [0.2, 0.25) is 0 Å². The largest absolute Gasteiger partial charge is 0.395 e. The number of piperazine rings is 1. The zero-order valence-electron chi connectivity index (χ0n) is 11.0. The van der Waals surface area contributed by atoms with Gasteiger partial charge in [0.05, 0.1) is 6.61 Å². The van der Waals surface area contributed by atoms with Crippen LogP contribution in [0.4, 0.5) is 5.82 Å². The maximum atomic E-state index is 8.92. The summed E-state index contributed by atoms with van der Waals surface area (Å²) < 4.78 is 0. The van der Waals surface area contributed by atoms with Crippen LogP contribution in [0.3, 0.4) is 0 Å². The molecule has 5 heteroatoms. The maximum Gasteiger partial charge on any atom is 0.129 e. The van der Waals surface area contributed by atoms with E-state index >= 15 is 0 Å². The summed E-state index contributed by atoms with van der Waals surface area (Å²) in [7, 11) is 0. The van der Waals surface area contributed by atoms with Crippen LogP contribution in [-0.2, 0) is 6.54 Å². The maximum absolute atomic E-state index is 8.92. The number of aromatic nitrogens is 1. The van der Waals surface area contributed by atoms with E-state index in [0.717, 1.165) is 49.8 Å². The molecule has 0 amide bonds. The normalized spacial score (nSPS) is 17.2. The molecule has 0 aliphatic carbocycles. The summed E-state index contributed by atoms with van der Waals surface area (Å²) in [5, 5.41) is 8.92. The Bertz CT molecular complexity index is 389. The quantitative estimate of drug-likeness (QED) is 0.785. The second-order valence-electron chi connectivity index (χ2n) is 4.73. The van der Waals surface area contributed by atoms with Crippen LogP contribution in [0.5, 0.6) is 0 Å². The lowest BCUT2D eigenvalue weighted by atomic mass is 10.2. The highest BCUT2D eigenvalue weighted by Gasteiger charge is 2.17. The van der Waals surface area contributed by atoms with Gasteiger partial charge in [0, 0.05) is 45.0 Å². The number of nitrogens with two attached hydrogens (primary N) is 1. The van der Waals surface area contributed by atoms with Gasteiger partial charge in [-0.05, 0) is 24.6 Å². The Morgan fingerprint density at radius 1 is 1.28 bits per heavy atom. The molecule has 0 saturated carbocycles. The van der Waals surface area contributed by atoms with E-state index in [4.69, 9.17) is 10.8 Å². The summed E-state index contributed by atoms with van der Waals surface area (Å²) in [6.45, 7) is 7.44. The highest BCUT2D eigenvalue weighted by atomic mass is 16.3. The standard InChI is InChI=1S/C13H22N4O/c1-11-8-12(10-14)9-13(15-11)17-4-2-16(3-5-17)6-7-18/h8-9,18H,2-7,10,14H2,1H3. The number of hydrogen-bond donors (Lipinski definition) is 2. The summed E-state index contributed by atoms with van der Waals surface area (Å²) in [5.74, 6) is 1.03. The van der Waals surface area contributed by atoms with Crippen molar-refractivity contribution in [3.63, 3.8) is 0 Å². The fourth-order valence-electron chi connectivity index (χ4n) is 2.34. The van der Waals surface area contributed by atoms with Gasteiger partial charge in [0.15, 0.2) is 0 Å². The fraction of sp³-hybridized carbons (Fsp3) is 0.615. The molecule has 2 rings (SSSR count). The van der Waals surface area contributed by atoms with Crippen molar-refractivity contribution in [1.29, 1.82) is 0 Å². The molecule has 0 spiro atoms. The molecule has 0 unspecified atom stereocenters. The van der Waals surface area contributed by atoms with E-state index in [1.165, 1.54) is 0 Å². The molecule has 1 aromatic heterocycles. The van der Waals surface area contributed by atoms with Crippen molar-refractivity contribution in [3.05, 3.63) is 23.4 Å². The molecule has 100 valence electrons. The third-order valence-electron chi connectivity index (χ3n) is 3.35. The predicted molar refractivity (Wildman–Crippen MR) is 72.6 cm³/mol. The van der Waals surface area contributed by atoms with Crippen LogP contribution in [0.15, 0.2) is 12.1 Å². The second-order valence-corrected chi connectivity index (χ2v) is 4.73. The van der Waals surface area contributed by atoms with E-state index in [-0.39, 0.29) is 6.61 Å². The number of rotatable bonds is 4. The molecule has 0 radical (unpaired) electrons. The molecule has 0 bridgehead atoms. The smallest absolute Gasteiger partial charge is 0.129 e. The van der Waals surface area contributed by atoms with Crippen molar-refractivity contribution in [1.82, 2.24) is 9.88 Å². The molecule has 0 aromatic carbocycles. The summed E-state index contributed by atoms with van der Waals surface area (Å²) in [4.78, 5) is 9.14. The fourth-order valence-corrected chi connectivity index (χ4v) is 2.34. The Hall–Kier alpha value is -1.17. The Kier molecular flexibility index (Phi) is 4.52. The SMILES string of the molecule is Cc1cc(CN)cc(N2CCN(CCO)CC2)n1. The molecular formula is C13H22N4O. The average molecular weight is 250 g/mol. The van der Waals surface area contributed by atoms with Crippen molar-refractivity contribution in [2.45, 2.75) is 13.5 Å². The van der Waals surface area contributed by atoms with Gasteiger partial charge in [-0.15, -0.1) is 0 Å². The summed E-state index contributed by atoms with van der Waals surface area (Å²) in [5.41, 5.74) is 7.85. The molecule has 0 atom stereocenters. The van der Waals surface area contributed by atoms with E-state index in [1.54, 1.807) is 0 Å². The molecule has 5 nitrogen and oxygen atoms in total. The first-order valence-corrected chi connectivity index (χ1v) is 6.48. The number of anilines is 1. The molecular weight excluding hydrogens is 228 g/mol. The van der Waals surface area contributed by atoms with Crippen molar-refractivity contribution >= 4 is 5.82 Å². The minimum absolute atomic E-state index is 0.236. The first-order chi connectivity index (χ1) is 8.72. The zero-order chi connectivity index (χ0) is 13.0. The minimum atomic E-state index is 0.236. The summed E-state index contributed by atoms with van der Waals surface area (Å²) >= 11 is 0. The third-order valence-corrected chi connectivity index (χ3v) is 3.35. The van der Waals surface area contributed by atoms with E-state index in [1.807, 2.05) is 13.0 Å². The third kappa shape index (κ3) is 3.19. The van der Waals surface area contributed by atoms with Gasteiger partial charge < -0.3 is 15.7 Å². The molecule has 2 heterocycles. The van der Waals surface area contributed by atoms with Crippen LogP contribution < -0.4 is 10.6 Å². The van der Waals surface area contributed by atoms with Gasteiger partial charge in [-0.1, -0.05) is 0 Å². The average Bonchev–Trinajstić information content (AvgIpc) is 2.39. The molecule has 1 saturated heterocycles. The Morgan fingerprint density at radius 3 is 2.61 bits per heavy atom. The molecule has 1 aliphatic heterocycles. The van der Waals surface area contributed by atoms with Crippen LogP contribution in [0, 0.1) is 6.92 Å². The number of aliphatic hydroxyl groups excluding tert-OH is 1. The summed E-state index contributed by atoms with van der Waals surface area (Å²) in [6, 6.07) is 4.11. The van der Waals surface area contributed by atoms with Gasteiger partial charge in [0.25, 0.3) is 0 Å². The number of hydrogen-bond acceptors (Lipinski definition) is 5. The van der Waals surface area contributed by atoms with Crippen LogP contribution in [0.25, 0.3) is 0 Å². The van der Waals surface area contributed by atoms with E-state index in [9.17, 15) is 0 Å². The van der Waals surface area contributed by atoms with E-state index < -0.39 is 0 Å². The molecule has 1 aliphatic rings. The topological polar surface area (TPSA) is 65.6 Å². The lowest BCUT2D eigenvalue weighted by molar-refractivity contribution is 0.188. The lowest BCUT2D eigenvalue weighted by Crippen LogP contribution is -2.47. The van der Waals surface area contributed by atoms with Gasteiger partial charge in [-0.3, -0.25) is 4.90 Å². The minimum Gasteiger partial charge on any atom is -0.395 e. The van der Waals surface area contributed by atoms with Crippen LogP contribution >= 0.6 is 0 Å². The van der Waals surface area contributed by atoms with Gasteiger partial charge >= 0.3 is 0 Å². The lowest BCUT2D eigenvalue weighted by Gasteiger charge is -2.35. The first kappa shape index (κ1) is 13.3. The predicted octanol–water partition coefficient (Wildman–Crippen LogP) is -0.0370. The monoisotopic (exact) mass is 250 g/mol. The molecule has 18 heavy (non-hydrogen) atoms. The second kappa shape index (κ2) is 6.13. The number of aliphatic hydroxyl groups is 1. The Morgan fingerprint density at radius 2 is 2.00 bits per heavy atom.